The molecule has 0 bridgehead atoms. The van der Waals surface area contributed by atoms with Crippen LogP contribution in [0, 0.1) is 21.4 Å². The maximum Gasteiger partial charge on any atom is 0.305 e. The molecule has 1 aromatic heterocycles. The average Bonchev–Trinajstić information content (AvgIpc) is 2.65. The summed E-state index contributed by atoms with van der Waals surface area (Å²) in [6.07, 6.45) is 0. The van der Waals surface area contributed by atoms with Crippen molar-refractivity contribution in [1.82, 2.24) is 4.98 Å². The second kappa shape index (κ2) is 7.27. The molecular weight excluding hydrogens is 318 g/mol. The van der Waals surface area contributed by atoms with E-state index in [1.807, 2.05) is 24.3 Å². The van der Waals surface area contributed by atoms with Crippen molar-refractivity contribution in [2.75, 3.05) is 23.7 Å². The zero-order valence-electron chi connectivity index (χ0n) is 13.3. The Labute approximate surface area is 144 Å². The minimum absolute atomic E-state index is 0.197. The molecule has 7 heteroatoms. The molecule has 0 amide bonds. The van der Waals surface area contributed by atoms with Crippen LogP contribution in [0.5, 0.6) is 0 Å². The number of rotatable bonds is 6. The number of nitriles is 1. The van der Waals surface area contributed by atoms with Gasteiger partial charge in [-0.05, 0) is 17.5 Å². The summed E-state index contributed by atoms with van der Waals surface area (Å²) in [4.78, 5) is 14.2. The SMILES string of the molecule is N#Cc1nc(NCCNc2cccc3ccccc23)ccc1[N+](=O)[O-]. The van der Waals surface area contributed by atoms with Gasteiger partial charge >= 0.3 is 5.69 Å². The van der Waals surface area contributed by atoms with Gasteiger partial charge in [-0.1, -0.05) is 36.4 Å². The summed E-state index contributed by atoms with van der Waals surface area (Å²) in [6.45, 7) is 1.19. The molecule has 3 rings (SSSR count). The molecular formula is C18H15N5O2. The minimum Gasteiger partial charge on any atom is -0.383 e. The molecule has 7 nitrogen and oxygen atoms in total. The van der Waals surface area contributed by atoms with Crippen LogP contribution >= 0.6 is 0 Å². The van der Waals surface area contributed by atoms with Crippen molar-refractivity contribution in [3.63, 3.8) is 0 Å². The first-order chi connectivity index (χ1) is 12.2. The molecule has 0 radical (unpaired) electrons. The van der Waals surface area contributed by atoms with Crippen LogP contribution < -0.4 is 10.6 Å². The average molecular weight is 333 g/mol. The number of anilines is 2. The zero-order chi connectivity index (χ0) is 17.6. The van der Waals surface area contributed by atoms with Crippen LogP contribution in [-0.4, -0.2) is 23.0 Å². The van der Waals surface area contributed by atoms with Gasteiger partial charge in [0.15, 0.2) is 0 Å². The van der Waals surface area contributed by atoms with Gasteiger partial charge in [0.25, 0.3) is 0 Å². The van der Waals surface area contributed by atoms with Crippen molar-refractivity contribution in [2.24, 2.45) is 0 Å². The van der Waals surface area contributed by atoms with Crippen molar-refractivity contribution >= 4 is 28.0 Å². The molecule has 0 unspecified atom stereocenters. The number of benzene rings is 2. The van der Waals surface area contributed by atoms with Crippen LogP contribution in [0.25, 0.3) is 10.8 Å². The number of nitrogens with one attached hydrogen (secondary N) is 2. The maximum absolute atomic E-state index is 10.8. The Morgan fingerprint density at radius 3 is 2.60 bits per heavy atom. The summed E-state index contributed by atoms with van der Waals surface area (Å²) in [5.74, 6) is 0.432. The standard InChI is InChI=1S/C18H15N5O2/c19-12-16-17(23(24)25)8-9-18(22-16)21-11-10-20-15-7-3-5-13-4-1-2-6-14(13)15/h1-9,20H,10-11H2,(H,21,22). The first-order valence-electron chi connectivity index (χ1n) is 7.70. The predicted molar refractivity (Wildman–Crippen MR) is 96.5 cm³/mol. The van der Waals surface area contributed by atoms with Gasteiger partial charge in [-0.2, -0.15) is 5.26 Å². The van der Waals surface area contributed by atoms with Crippen LogP contribution in [0.2, 0.25) is 0 Å². The van der Waals surface area contributed by atoms with Crippen LogP contribution in [0.4, 0.5) is 17.2 Å². The lowest BCUT2D eigenvalue weighted by Gasteiger charge is -2.11. The van der Waals surface area contributed by atoms with E-state index in [0.29, 0.717) is 18.9 Å². The highest BCUT2D eigenvalue weighted by Gasteiger charge is 2.15. The minimum atomic E-state index is -0.614. The molecule has 2 aromatic carbocycles. The van der Waals surface area contributed by atoms with E-state index in [1.165, 1.54) is 12.1 Å². The highest BCUT2D eigenvalue weighted by Crippen LogP contribution is 2.22. The highest BCUT2D eigenvalue weighted by atomic mass is 16.6. The number of pyridine rings is 1. The molecule has 3 aromatic rings. The van der Waals surface area contributed by atoms with Gasteiger partial charge in [0, 0.05) is 30.2 Å². The number of aromatic nitrogens is 1. The van der Waals surface area contributed by atoms with Crippen LogP contribution in [0.1, 0.15) is 5.69 Å². The molecule has 0 aliphatic carbocycles. The van der Waals surface area contributed by atoms with Crippen molar-refractivity contribution in [3.05, 3.63) is 70.4 Å². The molecule has 124 valence electrons. The summed E-state index contributed by atoms with van der Waals surface area (Å²) in [6, 6.07) is 18.7. The van der Waals surface area contributed by atoms with Gasteiger partial charge in [-0.3, -0.25) is 10.1 Å². The van der Waals surface area contributed by atoms with E-state index in [9.17, 15) is 10.1 Å². The quantitative estimate of drug-likeness (QED) is 0.406. The number of hydrogen-bond donors (Lipinski definition) is 2. The first kappa shape index (κ1) is 16.2. The Balaban J connectivity index is 1.62. The van der Waals surface area contributed by atoms with Gasteiger partial charge in [0.05, 0.1) is 4.92 Å². The molecule has 0 atom stereocenters. The van der Waals surface area contributed by atoms with E-state index < -0.39 is 4.92 Å². The third kappa shape index (κ3) is 3.64. The number of fused-ring (bicyclic) bond motifs is 1. The summed E-state index contributed by atoms with van der Waals surface area (Å²) >= 11 is 0. The van der Waals surface area contributed by atoms with E-state index in [4.69, 9.17) is 5.26 Å². The number of hydrogen-bond acceptors (Lipinski definition) is 6. The third-order valence-electron chi connectivity index (χ3n) is 3.71. The van der Waals surface area contributed by atoms with Gasteiger partial charge in [0.2, 0.25) is 5.69 Å². The first-order valence-corrected chi connectivity index (χ1v) is 7.70. The largest absolute Gasteiger partial charge is 0.383 e. The summed E-state index contributed by atoms with van der Waals surface area (Å²) in [7, 11) is 0. The zero-order valence-corrected chi connectivity index (χ0v) is 13.3. The lowest BCUT2D eigenvalue weighted by molar-refractivity contribution is -0.385. The van der Waals surface area contributed by atoms with Crippen LogP contribution in [0.15, 0.2) is 54.6 Å². The number of nitrogens with zero attached hydrogens (tertiary/aromatic N) is 3. The Morgan fingerprint density at radius 2 is 1.80 bits per heavy atom. The Bertz CT molecular complexity index is 960. The van der Waals surface area contributed by atoms with E-state index in [2.05, 4.69) is 33.8 Å². The fraction of sp³-hybridized carbons (Fsp3) is 0.111. The molecule has 0 aliphatic heterocycles. The van der Waals surface area contributed by atoms with E-state index in [-0.39, 0.29) is 11.4 Å². The van der Waals surface area contributed by atoms with Crippen molar-refractivity contribution in [3.8, 4) is 6.07 Å². The van der Waals surface area contributed by atoms with Gasteiger partial charge in [0.1, 0.15) is 11.9 Å². The lowest BCUT2D eigenvalue weighted by Crippen LogP contribution is -2.14. The van der Waals surface area contributed by atoms with Crippen molar-refractivity contribution in [1.29, 1.82) is 5.26 Å². The summed E-state index contributed by atoms with van der Waals surface area (Å²) in [5.41, 5.74) is 0.549. The third-order valence-corrected chi connectivity index (χ3v) is 3.71. The summed E-state index contributed by atoms with van der Waals surface area (Å²) < 4.78 is 0. The van der Waals surface area contributed by atoms with Crippen LogP contribution in [-0.2, 0) is 0 Å². The lowest BCUT2D eigenvalue weighted by atomic mass is 10.1. The smallest absolute Gasteiger partial charge is 0.305 e. The molecule has 0 spiro atoms. The van der Waals surface area contributed by atoms with Gasteiger partial charge in [-0.15, -0.1) is 0 Å². The van der Waals surface area contributed by atoms with E-state index in [1.54, 1.807) is 6.07 Å². The molecule has 25 heavy (non-hydrogen) atoms. The fourth-order valence-corrected chi connectivity index (χ4v) is 2.55. The molecule has 2 N–H and O–H groups in total. The predicted octanol–water partition coefficient (Wildman–Crippen LogP) is 3.54. The van der Waals surface area contributed by atoms with E-state index in [0.717, 1.165) is 16.5 Å². The monoisotopic (exact) mass is 333 g/mol. The molecule has 0 saturated carbocycles. The Kier molecular flexibility index (Phi) is 4.72. The maximum atomic E-state index is 10.8. The second-order valence-electron chi connectivity index (χ2n) is 5.31. The molecule has 0 saturated heterocycles. The van der Waals surface area contributed by atoms with Gasteiger partial charge in [-0.25, -0.2) is 4.98 Å². The van der Waals surface area contributed by atoms with Crippen molar-refractivity contribution in [2.45, 2.75) is 0 Å². The Hall–Kier alpha value is -3.66. The number of nitro groups is 1. The Morgan fingerprint density at radius 1 is 1.04 bits per heavy atom. The normalized spacial score (nSPS) is 10.2. The molecule has 0 aliphatic rings. The van der Waals surface area contributed by atoms with Crippen LogP contribution in [0.3, 0.4) is 0 Å². The highest BCUT2D eigenvalue weighted by molar-refractivity contribution is 5.93. The molecule has 0 fully saturated rings. The van der Waals surface area contributed by atoms with Gasteiger partial charge < -0.3 is 10.6 Å². The van der Waals surface area contributed by atoms with E-state index >= 15 is 0 Å². The topological polar surface area (TPSA) is 104 Å². The molecule has 1 heterocycles. The second-order valence-corrected chi connectivity index (χ2v) is 5.31. The fourth-order valence-electron chi connectivity index (χ4n) is 2.55. The summed E-state index contributed by atoms with van der Waals surface area (Å²) in [5, 5.41) is 28.5. The van der Waals surface area contributed by atoms with Crippen molar-refractivity contribution < 1.29 is 4.92 Å².